The molecule has 3 nitrogen and oxygen atoms in total. The Morgan fingerprint density at radius 2 is 2.45 bits per heavy atom. The van der Waals surface area contributed by atoms with Gasteiger partial charge < -0.3 is 5.11 Å². The van der Waals surface area contributed by atoms with E-state index >= 15 is 0 Å². The lowest BCUT2D eigenvalue weighted by Gasteiger charge is -1.97. The predicted molar refractivity (Wildman–Crippen MR) is 46.3 cm³/mol. The molecule has 0 aliphatic carbocycles. The van der Waals surface area contributed by atoms with Crippen LogP contribution < -0.4 is 0 Å². The van der Waals surface area contributed by atoms with Crippen molar-refractivity contribution in [2.75, 3.05) is 6.61 Å². The normalized spacial score (nSPS) is 10.5. The SMILES string of the molecule is Cn1nc(Br)cc1CCCO. The van der Waals surface area contributed by atoms with Gasteiger partial charge in [0.25, 0.3) is 0 Å². The molecule has 0 atom stereocenters. The summed E-state index contributed by atoms with van der Waals surface area (Å²) in [5.74, 6) is 0. The average molecular weight is 219 g/mol. The molecule has 0 saturated heterocycles. The van der Waals surface area contributed by atoms with E-state index in [1.807, 2.05) is 17.8 Å². The number of aryl methyl sites for hydroxylation is 2. The molecule has 1 N–H and O–H groups in total. The van der Waals surface area contributed by atoms with Crippen LogP contribution in [0.4, 0.5) is 0 Å². The van der Waals surface area contributed by atoms with Gasteiger partial charge in [0.1, 0.15) is 4.60 Å². The van der Waals surface area contributed by atoms with Crippen molar-refractivity contribution < 1.29 is 5.11 Å². The van der Waals surface area contributed by atoms with Crippen LogP contribution in [-0.2, 0) is 13.5 Å². The van der Waals surface area contributed by atoms with Crippen molar-refractivity contribution >= 4 is 15.9 Å². The highest BCUT2D eigenvalue weighted by Crippen LogP contribution is 2.10. The monoisotopic (exact) mass is 218 g/mol. The highest BCUT2D eigenvalue weighted by atomic mass is 79.9. The van der Waals surface area contributed by atoms with Gasteiger partial charge in [-0.1, -0.05) is 0 Å². The van der Waals surface area contributed by atoms with Gasteiger partial charge in [0.15, 0.2) is 0 Å². The van der Waals surface area contributed by atoms with Crippen molar-refractivity contribution in [3.63, 3.8) is 0 Å². The highest BCUT2D eigenvalue weighted by Gasteiger charge is 2.00. The number of hydrogen-bond donors (Lipinski definition) is 1. The van der Waals surface area contributed by atoms with Gasteiger partial charge in [-0.25, -0.2) is 0 Å². The first-order chi connectivity index (χ1) is 5.24. The van der Waals surface area contributed by atoms with Gasteiger partial charge in [-0.3, -0.25) is 4.68 Å². The molecule has 1 heterocycles. The predicted octanol–water partition coefficient (Wildman–Crippen LogP) is 1.11. The Kier molecular flexibility index (Phi) is 3.08. The number of rotatable bonds is 3. The van der Waals surface area contributed by atoms with Crippen LogP contribution in [-0.4, -0.2) is 21.5 Å². The van der Waals surface area contributed by atoms with Crippen molar-refractivity contribution in [1.29, 1.82) is 0 Å². The molecule has 0 fully saturated rings. The topological polar surface area (TPSA) is 38.0 Å². The molecular formula is C7H11BrN2O. The summed E-state index contributed by atoms with van der Waals surface area (Å²) < 4.78 is 2.67. The average Bonchev–Trinajstić information content (AvgIpc) is 2.26. The Morgan fingerprint density at radius 3 is 2.91 bits per heavy atom. The zero-order valence-electron chi connectivity index (χ0n) is 6.42. The minimum atomic E-state index is 0.239. The molecule has 1 aromatic heterocycles. The Labute approximate surface area is 74.2 Å². The van der Waals surface area contributed by atoms with Gasteiger partial charge in [0.2, 0.25) is 0 Å². The molecule has 0 aromatic carbocycles. The molecule has 0 amide bonds. The van der Waals surface area contributed by atoms with E-state index in [4.69, 9.17) is 5.11 Å². The molecule has 0 radical (unpaired) electrons. The molecule has 62 valence electrons. The summed E-state index contributed by atoms with van der Waals surface area (Å²) in [6.45, 7) is 0.239. The minimum Gasteiger partial charge on any atom is -0.396 e. The summed E-state index contributed by atoms with van der Waals surface area (Å²) in [5.41, 5.74) is 1.14. The van der Waals surface area contributed by atoms with Gasteiger partial charge in [-0.2, -0.15) is 5.10 Å². The number of aromatic nitrogens is 2. The van der Waals surface area contributed by atoms with E-state index in [-0.39, 0.29) is 6.61 Å². The summed E-state index contributed by atoms with van der Waals surface area (Å²) in [6.07, 6.45) is 1.68. The molecule has 0 bridgehead atoms. The summed E-state index contributed by atoms with van der Waals surface area (Å²) in [7, 11) is 1.90. The molecule has 1 rings (SSSR count). The molecule has 1 aromatic rings. The summed E-state index contributed by atoms with van der Waals surface area (Å²) in [4.78, 5) is 0. The zero-order valence-corrected chi connectivity index (χ0v) is 8.00. The van der Waals surface area contributed by atoms with Crippen LogP contribution in [0.2, 0.25) is 0 Å². The Bertz CT molecular complexity index is 234. The first kappa shape index (κ1) is 8.74. The second kappa shape index (κ2) is 3.88. The minimum absolute atomic E-state index is 0.239. The van der Waals surface area contributed by atoms with Gasteiger partial charge in [0, 0.05) is 19.3 Å². The maximum absolute atomic E-state index is 8.58. The van der Waals surface area contributed by atoms with Crippen LogP contribution in [0.5, 0.6) is 0 Å². The van der Waals surface area contributed by atoms with Gasteiger partial charge >= 0.3 is 0 Å². The maximum atomic E-state index is 8.58. The second-order valence-corrected chi connectivity index (χ2v) is 3.22. The summed E-state index contributed by atoms with van der Waals surface area (Å²) >= 11 is 3.28. The quantitative estimate of drug-likeness (QED) is 0.826. The zero-order chi connectivity index (χ0) is 8.27. The summed E-state index contributed by atoms with van der Waals surface area (Å²) in [6, 6.07) is 1.97. The van der Waals surface area contributed by atoms with Crippen molar-refractivity contribution in [2.45, 2.75) is 12.8 Å². The smallest absolute Gasteiger partial charge is 0.128 e. The van der Waals surface area contributed by atoms with E-state index in [0.717, 1.165) is 23.1 Å². The molecular weight excluding hydrogens is 208 g/mol. The lowest BCUT2D eigenvalue weighted by Crippen LogP contribution is -1.99. The van der Waals surface area contributed by atoms with Gasteiger partial charge in [-0.15, -0.1) is 0 Å². The molecule has 0 saturated carbocycles. The number of nitrogens with zero attached hydrogens (tertiary/aromatic N) is 2. The molecule has 11 heavy (non-hydrogen) atoms. The van der Waals surface area contributed by atoms with Crippen LogP contribution in [0.3, 0.4) is 0 Å². The van der Waals surface area contributed by atoms with Gasteiger partial charge in [-0.05, 0) is 34.8 Å². The van der Waals surface area contributed by atoms with Crippen molar-refractivity contribution in [2.24, 2.45) is 7.05 Å². The van der Waals surface area contributed by atoms with Crippen LogP contribution in [0.1, 0.15) is 12.1 Å². The third-order valence-corrected chi connectivity index (χ3v) is 1.93. The summed E-state index contributed by atoms with van der Waals surface area (Å²) in [5, 5.41) is 12.7. The lowest BCUT2D eigenvalue weighted by atomic mass is 10.2. The van der Waals surface area contributed by atoms with E-state index in [2.05, 4.69) is 21.0 Å². The van der Waals surface area contributed by atoms with Gasteiger partial charge in [0.05, 0.1) is 0 Å². The van der Waals surface area contributed by atoms with E-state index < -0.39 is 0 Å². The van der Waals surface area contributed by atoms with Crippen LogP contribution in [0, 0.1) is 0 Å². The van der Waals surface area contributed by atoms with Crippen LogP contribution >= 0.6 is 15.9 Å². The Morgan fingerprint density at radius 1 is 1.73 bits per heavy atom. The Hall–Kier alpha value is -0.350. The van der Waals surface area contributed by atoms with Crippen molar-refractivity contribution in [3.05, 3.63) is 16.4 Å². The fourth-order valence-corrected chi connectivity index (χ4v) is 1.46. The fraction of sp³-hybridized carbons (Fsp3) is 0.571. The second-order valence-electron chi connectivity index (χ2n) is 2.41. The number of halogens is 1. The largest absolute Gasteiger partial charge is 0.396 e. The molecule has 0 aliphatic rings. The molecule has 0 unspecified atom stereocenters. The Balaban J connectivity index is 2.62. The van der Waals surface area contributed by atoms with Crippen molar-refractivity contribution in [1.82, 2.24) is 9.78 Å². The van der Waals surface area contributed by atoms with E-state index in [1.54, 1.807) is 0 Å². The van der Waals surface area contributed by atoms with E-state index in [9.17, 15) is 0 Å². The number of aliphatic hydroxyl groups is 1. The van der Waals surface area contributed by atoms with Crippen LogP contribution in [0.25, 0.3) is 0 Å². The first-order valence-corrected chi connectivity index (χ1v) is 4.32. The van der Waals surface area contributed by atoms with Crippen LogP contribution in [0.15, 0.2) is 10.7 Å². The molecule has 0 aliphatic heterocycles. The highest BCUT2D eigenvalue weighted by molar-refractivity contribution is 9.10. The number of hydrogen-bond acceptors (Lipinski definition) is 2. The molecule has 4 heteroatoms. The van der Waals surface area contributed by atoms with E-state index in [0.29, 0.717) is 0 Å². The van der Waals surface area contributed by atoms with Crippen molar-refractivity contribution in [3.8, 4) is 0 Å². The first-order valence-electron chi connectivity index (χ1n) is 3.53. The third-order valence-electron chi connectivity index (χ3n) is 1.54. The maximum Gasteiger partial charge on any atom is 0.128 e. The molecule has 0 spiro atoms. The fourth-order valence-electron chi connectivity index (χ4n) is 0.961. The number of aliphatic hydroxyl groups excluding tert-OH is 1. The standard InChI is InChI=1S/C7H11BrN2O/c1-10-6(3-2-4-11)5-7(8)9-10/h5,11H,2-4H2,1H3. The lowest BCUT2D eigenvalue weighted by molar-refractivity contribution is 0.287. The van der Waals surface area contributed by atoms with E-state index in [1.165, 1.54) is 0 Å². The third kappa shape index (κ3) is 2.31.